The standard InChI is InChI=1S/C39H48O7/c1-28-8-6-11-39(40)46-38(27-43-25-31-12-16-33(41-4)17-13-31)24-30(3)23-37-22-29(2)21-36(45-37)10-7-9-35(20-28)44-26-32-14-18-34(42-5)19-15-32/h6-9,11-19,23,35-38H,2,10,20-22,24-27H2,1,3-5H3/b9-7+,11-6+,28-8-,30-23+/t35?,36-,37-,38-/m1/s1. The highest BCUT2D eigenvalue weighted by atomic mass is 16.6. The quantitative estimate of drug-likeness (QED) is 0.206. The van der Waals surface area contributed by atoms with E-state index in [9.17, 15) is 4.79 Å². The summed E-state index contributed by atoms with van der Waals surface area (Å²) in [6.45, 7) is 9.53. The van der Waals surface area contributed by atoms with E-state index in [1.165, 1.54) is 11.6 Å². The van der Waals surface area contributed by atoms with Crippen molar-refractivity contribution in [3.63, 3.8) is 0 Å². The zero-order valence-corrected chi connectivity index (χ0v) is 27.6. The number of fused-ring (bicyclic) bond motifs is 2. The third kappa shape index (κ3) is 12.1. The van der Waals surface area contributed by atoms with E-state index in [1.807, 2.05) is 68.5 Å². The molecule has 46 heavy (non-hydrogen) atoms. The van der Waals surface area contributed by atoms with Gasteiger partial charge < -0.3 is 28.4 Å². The molecule has 0 radical (unpaired) electrons. The van der Waals surface area contributed by atoms with Crippen LogP contribution in [0, 0.1) is 0 Å². The van der Waals surface area contributed by atoms with Crippen molar-refractivity contribution in [2.24, 2.45) is 0 Å². The molecule has 2 aromatic rings. The molecule has 0 aliphatic carbocycles. The molecule has 2 aromatic carbocycles. The van der Waals surface area contributed by atoms with Gasteiger partial charge in [0.2, 0.25) is 0 Å². The van der Waals surface area contributed by atoms with Crippen LogP contribution in [-0.4, -0.2) is 51.2 Å². The second-order valence-electron chi connectivity index (χ2n) is 12.0. The van der Waals surface area contributed by atoms with Crippen LogP contribution in [0.5, 0.6) is 11.5 Å². The molecule has 0 spiro atoms. The number of hydrogen-bond donors (Lipinski definition) is 0. The second kappa shape index (κ2) is 18.3. The van der Waals surface area contributed by atoms with Crippen LogP contribution < -0.4 is 9.47 Å². The van der Waals surface area contributed by atoms with E-state index in [-0.39, 0.29) is 24.9 Å². The topological polar surface area (TPSA) is 72.5 Å². The molecule has 1 fully saturated rings. The highest BCUT2D eigenvalue weighted by Gasteiger charge is 2.24. The molecule has 2 aliphatic rings. The Morgan fingerprint density at radius 1 is 0.848 bits per heavy atom. The van der Waals surface area contributed by atoms with Gasteiger partial charge in [-0.25, -0.2) is 4.79 Å². The van der Waals surface area contributed by atoms with Gasteiger partial charge in [0, 0.05) is 12.5 Å². The summed E-state index contributed by atoms with van der Waals surface area (Å²) in [6, 6.07) is 15.6. The third-order valence-electron chi connectivity index (χ3n) is 7.92. The Bertz CT molecular complexity index is 1380. The molecular weight excluding hydrogens is 580 g/mol. The van der Waals surface area contributed by atoms with E-state index in [1.54, 1.807) is 20.3 Å². The SMILES string of the molecule is C=C1C[C@H]2C/C=C/C(OCc3ccc(OC)cc3)C/C(C)=C\C=C\C(=O)O[C@@H](COCc3ccc(OC)cc3)C/C(C)=C/[C@@H](C1)O2. The van der Waals surface area contributed by atoms with E-state index in [0.717, 1.165) is 53.0 Å². The first-order valence-corrected chi connectivity index (χ1v) is 15.9. The third-order valence-corrected chi connectivity index (χ3v) is 7.92. The number of allylic oxidation sites excluding steroid dienone is 2. The van der Waals surface area contributed by atoms with Crippen molar-refractivity contribution in [1.82, 2.24) is 0 Å². The van der Waals surface area contributed by atoms with E-state index in [4.69, 9.17) is 28.4 Å². The Kier molecular flexibility index (Phi) is 13.9. The predicted molar refractivity (Wildman–Crippen MR) is 181 cm³/mol. The van der Waals surface area contributed by atoms with E-state index >= 15 is 0 Å². The van der Waals surface area contributed by atoms with E-state index in [0.29, 0.717) is 26.1 Å². The summed E-state index contributed by atoms with van der Waals surface area (Å²) in [4.78, 5) is 12.9. The van der Waals surface area contributed by atoms with Gasteiger partial charge in [0.25, 0.3) is 0 Å². The predicted octanol–water partition coefficient (Wildman–Crippen LogP) is 8.01. The molecule has 2 aliphatic heterocycles. The average Bonchev–Trinajstić information content (AvgIpc) is 3.03. The smallest absolute Gasteiger partial charge is 0.331 e. The van der Waals surface area contributed by atoms with Gasteiger partial charge in [-0.3, -0.25) is 0 Å². The molecule has 0 saturated carbocycles. The summed E-state index contributed by atoms with van der Waals surface area (Å²) in [5.74, 6) is 1.19. The number of cyclic esters (lactones) is 1. The highest BCUT2D eigenvalue weighted by Crippen LogP contribution is 2.28. The minimum Gasteiger partial charge on any atom is -0.497 e. The number of methoxy groups -OCH3 is 2. The van der Waals surface area contributed by atoms with E-state index in [2.05, 4.69) is 24.8 Å². The van der Waals surface area contributed by atoms with Gasteiger partial charge in [0.15, 0.2) is 0 Å². The fourth-order valence-corrected chi connectivity index (χ4v) is 5.55. The van der Waals surface area contributed by atoms with Crippen molar-refractivity contribution < 1.29 is 33.2 Å². The van der Waals surface area contributed by atoms with Crippen LogP contribution in [0.4, 0.5) is 0 Å². The Labute approximate surface area is 274 Å². The molecule has 0 amide bonds. The maximum absolute atomic E-state index is 12.9. The molecule has 2 bridgehead atoms. The summed E-state index contributed by atoms with van der Waals surface area (Å²) >= 11 is 0. The number of esters is 1. The van der Waals surface area contributed by atoms with Gasteiger partial charge in [-0.2, -0.15) is 0 Å². The van der Waals surface area contributed by atoms with Crippen LogP contribution in [0.2, 0.25) is 0 Å². The molecule has 7 heteroatoms. The van der Waals surface area contributed by atoms with Crippen LogP contribution in [0.3, 0.4) is 0 Å². The van der Waals surface area contributed by atoms with Crippen LogP contribution in [0.1, 0.15) is 57.1 Å². The summed E-state index contributed by atoms with van der Waals surface area (Å²) in [5.41, 5.74) is 5.41. The first-order valence-electron chi connectivity index (χ1n) is 15.9. The minimum absolute atomic E-state index is 0.0358. The maximum Gasteiger partial charge on any atom is 0.331 e. The molecule has 4 atom stereocenters. The maximum atomic E-state index is 12.9. The van der Waals surface area contributed by atoms with Gasteiger partial charge in [-0.1, -0.05) is 77.9 Å². The van der Waals surface area contributed by atoms with Gasteiger partial charge in [-0.15, -0.1) is 0 Å². The van der Waals surface area contributed by atoms with Crippen LogP contribution in [-0.2, 0) is 37.0 Å². The first-order chi connectivity index (χ1) is 22.3. The lowest BCUT2D eigenvalue weighted by molar-refractivity contribution is -0.146. The summed E-state index contributed by atoms with van der Waals surface area (Å²) in [5, 5.41) is 0. The van der Waals surface area contributed by atoms with Gasteiger partial charge >= 0.3 is 5.97 Å². The number of benzene rings is 2. The Balaban J connectivity index is 1.47. The molecule has 4 rings (SSSR count). The largest absolute Gasteiger partial charge is 0.497 e. The van der Waals surface area contributed by atoms with E-state index < -0.39 is 12.1 Å². The zero-order valence-electron chi connectivity index (χ0n) is 27.6. The molecular formula is C39H48O7. The van der Waals surface area contributed by atoms with Crippen molar-refractivity contribution in [1.29, 1.82) is 0 Å². The number of rotatable bonds is 9. The second-order valence-corrected chi connectivity index (χ2v) is 12.0. The van der Waals surface area contributed by atoms with Gasteiger partial charge in [0.05, 0.1) is 52.4 Å². The lowest BCUT2D eigenvalue weighted by atomic mass is 9.95. The summed E-state index contributed by atoms with van der Waals surface area (Å²) in [7, 11) is 3.30. The van der Waals surface area contributed by atoms with Crippen LogP contribution >= 0.6 is 0 Å². The Hall–Kier alpha value is -3.91. The molecule has 1 unspecified atom stereocenters. The van der Waals surface area contributed by atoms with Crippen molar-refractivity contribution in [3.8, 4) is 11.5 Å². The number of ether oxygens (including phenoxy) is 6. The first kappa shape index (κ1) is 35.0. The van der Waals surface area contributed by atoms with Crippen LogP contribution in [0.15, 0.2) is 108 Å². The molecule has 0 N–H and O–H groups in total. The minimum atomic E-state index is -0.447. The lowest BCUT2D eigenvalue weighted by Gasteiger charge is -2.30. The molecule has 1 saturated heterocycles. The van der Waals surface area contributed by atoms with Crippen molar-refractivity contribution in [2.45, 2.75) is 83.6 Å². The summed E-state index contributed by atoms with van der Waals surface area (Å²) < 4.78 is 35.2. The average molecular weight is 629 g/mol. The molecule has 2 heterocycles. The highest BCUT2D eigenvalue weighted by molar-refractivity contribution is 5.82. The van der Waals surface area contributed by atoms with Crippen LogP contribution in [0.25, 0.3) is 0 Å². The molecule has 7 nitrogen and oxygen atoms in total. The Morgan fingerprint density at radius 2 is 1.52 bits per heavy atom. The number of hydrogen-bond acceptors (Lipinski definition) is 7. The molecule has 0 aromatic heterocycles. The van der Waals surface area contributed by atoms with Crippen molar-refractivity contribution >= 4 is 5.97 Å². The number of carbonyl (C=O) groups excluding carboxylic acids is 1. The lowest BCUT2D eigenvalue weighted by Crippen LogP contribution is -2.28. The fourth-order valence-electron chi connectivity index (χ4n) is 5.55. The van der Waals surface area contributed by atoms with Gasteiger partial charge in [-0.05, 0) is 74.9 Å². The zero-order chi connectivity index (χ0) is 32.7. The monoisotopic (exact) mass is 628 g/mol. The van der Waals surface area contributed by atoms with Gasteiger partial charge in [0.1, 0.15) is 17.6 Å². The summed E-state index contributed by atoms with van der Waals surface area (Å²) in [6.07, 6.45) is 14.5. The number of carbonyl (C=O) groups is 1. The Morgan fingerprint density at radius 3 is 2.20 bits per heavy atom. The normalized spacial score (nSPS) is 26.7. The molecule has 246 valence electrons. The van der Waals surface area contributed by atoms with Crippen molar-refractivity contribution in [3.05, 3.63) is 119 Å². The fraction of sp³-hybridized carbons (Fsp3) is 0.410. The van der Waals surface area contributed by atoms with Crippen molar-refractivity contribution in [2.75, 3.05) is 20.8 Å².